The summed E-state index contributed by atoms with van der Waals surface area (Å²) in [6.07, 6.45) is -1.41. The van der Waals surface area contributed by atoms with E-state index in [-0.39, 0.29) is 12.8 Å². The lowest BCUT2D eigenvalue weighted by Gasteiger charge is -2.28. The number of imidazole rings is 1. The van der Waals surface area contributed by atoms with Gasteiger partial charge in [-0.05, 0) is 25.8 Å². The number of aromatic amines is 1. The minimum atomic E-state index is -1.74. The first-order valence-electron chi connectivity index (χ1n) is 18.1. The number of rotatable bonds is 25. The van der Waals surface area contributed by atoms with E-state index in [0.29, 0.717) is 11.3 Å². The van der Waals surface area contributed by atoms with Crippen molar-refractivity contribution in [2.24, 2.45) is 11.5 Å². The van der Waals surface area contributed by atoms with Crippen LogP contribution in [0.5, 0.6) is 0 Å². The highest BCUT2D eigenvalue weighted by Gasteiger charge is 2.34. The van der Waals surface area contributed by atoms with Crippen LogP contribution in [0.1, 0.15) is 37.9 Å². The zero-order valence-corrected chi connectivity index (χ0v) is 32.2. The van der Waals surface area contributed by atoms with E-state index in [4.69, 9.17) is 16.6 Å². The Bertz CT molecular complexity index is 1760. The molecule has 8 amide bonds. The number of benzene rings is 1. The molecule has 2 rings (SSSR count). The molecular formula is C35H51N11O13. The number of aromatic nitrogens is 2. The van der Waals surface area contributed by atoms with E-state index < -0.39 is 134 Å². The van der Waals surface area contributed by atoms with Gasteiger partial charge in [-0.15, -0.1) is 0 Å². The van der Waals surface area contributed by atoms with Crippen LogP contribution in [0.3, 0.4) is 0 Å². The first-order chi connectivity index (χ1) is 27.8. The summed E-state index contributed by atoms with van der Waals surface area (Å²) in [5.41, 5.74) is 12.1. The van der Waals surface area contributed by atoms with Crippen molar-refractivity contribution in [3.63, 3.8) is 0 Å². The van der Waals surface area contributed by atoms with Crippen LogP contribution in [0.25, 0.3) is 0 Å². The monoisotopic (exact) mass is 833 g/mol. The number of aliphatic hydroxyl groups is 3. The fraction of sp³-hybridized carbons (Fsp3) is 0.486. The number of nitrogens with zero attached hydrogens (tertiary/aromatic N) is 1. The number of primary amides is 1. The highest BCUT2D eigenvalue weighted by molar-refractivity contribution is 5.97. The van der Waals surface area contributed by atoms with E-state index in [0.717, 1.165) is 13.8 Å². The predicted molar refractivity (Wildman–Crippen MR) is 203 cm³/mol. The summed E-state index contributed by atoms with van der Waals surface area (Å²) in [5, 5.41) is 55.0. The zero-order chi connectivity index (χ0) is 44.2. The molecule has 16 N–H and O–H groups in total. The SMILES string of the molecule is C[C@@H](O)[C@H](NC(=O)CNC(=O)[C@H](CCC(=O)O)NC(=O)CNC(=O)[C@@H](N)Cc1cnc[nH]1)C(=O)N[C@@H](Cc1ccccc1)C(=O)N[C@H](C(=O)N[C@@H](CO)C(N)=O)[C@@H](C)O. The fourth-order valence-corrected chi connectivity index (χ4v) is 5.17. The van der Waals surface area contributed by atoms with E-state index in [1.54, 1.807) is 30.3 Å². The largest absolute Gasteiger partial charge is 0.481 e. The number of nitrogens with two attached hydrogens (primary N) is 2. The van der Waals surface area contributed by atoms with Crippen LogP contribution in [-0.4, -0.2) is 152 Å². The Kier molecular flexibility index (Phi) is 20.0. The van der Waals surface area contributed by atoms with Gasteiger partial charge in [0.2, 0.25) is 47.3 Å². The summed E-state index contributed by atoms with van der Waals surface area (Å²) in [5.74, 6) is -9.24. The third-order valence-electron chi connectivity index (χ3n) is 8.38. The fourth-order valence-electron chi connectivity index (χ4n) is 5.17. The van der Waals surface area contributed by atoms with Crippen molar-refractivity contribution in [1.82, 2.24) is 47.2 Å². The normalized spacial score (nSPS) is 14.9. The molecule has 0 saturated carbocycles. The van der Waals surface area contributed by atoms with Crippen molar-refractivity contribution in [3.05, 3.63) is 54.1 Å². The molecule has 2 aromatic rings. The van der Waals surface area contributed by atoms with Gasteiger partial charge in [0.1, 0.15) is 30.2 Å². The molecule has 0 fully saturated rings. The molecular weight excluding hydrogens is 782 g/mol. The molecule has 0 aliphatic heterocycles. The Morgan fingerprint density at radius 1 is 0.712 bits per heavy atom. The van der Waals surface area contributed by atoms with Crippen LogP contribution in [0.4, 0.5) is 0 Å². The molecule has 324 valence electrons. The van der Waals surface area contributed by atoms with E-state index >= 15 is 0 Å². The predicted octanol–water partition coefficient (Wildman–Crippen LogP) is -6.72. The molecule has 1 aromatic heterocycles. The summed E-state index contributed by atoms with van der Waals surface area (Å²) in [6.45, 7) is -0.0609. The number of carbonyl (C=O) groups excluding carboxylic acids is 8. The van der Waals surface area contributed by atoms with E-state index in [2.05, 4.69) is 47.2 Å². The van der Waals surface area contributed by atoms with Crippen LogP contribution in [0.15, 0.2) is 42.9 Å². The molecule has 0 unspecified atom stereocenters. The third kappa shape index (κ3) is 17.3. The average Bonchev–Trinajstić information content (AvgIpc) is 3.70. The number of carboxylic acids is 1. The number of amides is 8. The highest BCUT2D eigenvalue weighted by Crippen LogP contribution is 2.07. The number of carbonyl (C=O) groups is 9. The second-order valence-corrected chi connectivity index (χ2v) is 13.3. The molecule has 24 heteroatoms. The molecule has 0 aliphatic carbocycles. The lowest BCUT2D eigenvalue weighted by atomic mass is 10.0. The minimum Gasteiger partial charge on any atom is -0.481 e. The number of H-pyrrole nitrogens is 1. The zero-order valence-electron chi connectivity index (χ0n) is 32.2. The van der Waals surface area contributed by atoms with Crippen LogP contribution in [0.2, 0.25) is 0 Å². The quantitative estimate of drug-likeness (QED) is 0.0442. The highest BCUT2D eigenvalue weighted by atomic mass is 16.4. The van der Waals surface area contributed by atoms with Crippen LogP contribution < -0.4 is 48.7 Å². The Morgan fingerprint density at radius 3 is 1.80 bits per heavy atom. The molecule has 24 nitrogen and oxygen atoms in total. The van der Waals surface area contributed by atoms with Gasteiger partial charge in [-0.2, -0.15) is 0 Å². The van der Waals surface area contributed by atoms with Crippen molar-refractivity contribution in [2.75, 3.05) is 19.7 Å². The van der Waals surface area contributed by atoms with Crippen LogP contribution in [0, 0.1) is 0 Å². The molecule has 0 aliphatic rings. The van der Waals surface area contributed by atoms with Gasteiger partial charge in [-0.25, -0.2) is 4.98 Å². The molecule has 59 heavy (non-hydrogen) atoms. The maximum absolute atomic E-state index is 13.5. The maximum Gasteiger partial charge on any atom is 0.303 e. The number of carboxylic acid groups (broad SMARTS) is 1. The van der Waals surface area contributed by atoms with E-state index in [1.807, 2.05) is 0 Å². The van der Waals surface area contributed by atoms with Crippen molar-refractivity contribution in [2.45, 2.75) is 88.0 Å². The second-order valence-electron chi connectivity index (χ2n) is 13.3. The number of nitrogens with one attached hydrogen (secondary N) is 8. The molecule has 0 saturated heterocycles. The lowest BCUT2D eigenvalue weighted by Crippen LogP contribution is -2.62. The standard InChI is InChI=1S/C35H51N11O13/c1-17(48)28(34(58)43-23(10-19-6-4-3-5-7-19)33(57)46-29(18(2)49)35(59)44-24(15-47)30(37)54)45-26(51)14-40-32(56)22(8-9-27(52)53)42-25(50)13-39-31(55)21(36)11-20-12-38-16-41-20/h3-7,12,16-18,21-24,28-29,47-49H,8-11,13-15,36H2,1-2H3,(H2,37,54)(H,38,41)(H,39,55)(H,40,56)(H,42,50)(H,43,58)(H,44,59)(H,45,51)(H,46,57)(H,52,53)/t17-,18-,21+,22+,23+,24+,28+,29+/m1/s1. The molecule has 0 spiro atoms. The average molecular weight is 834 g/mol. The van der Waals surface area contributed by atoms with Gasteiger partial charge < -0.3 is 74.1 Å². The van der Waals surface area contributed by atoms with Gasteiger partial charge in [0, 0.05) is 31.2 Å². The second kappa shape index (κ2) is 24.3. The van der Waals surface area contributed by atoms with Crippen molar-refractivity contribution < 1.29 is 63.6 Å². The summed E-state index contributed by atoms with van der Waals surface area (Å²) < 4.78 is 0. The van der Waals surface area contributed by atoms with E-state index in [1.165, 1.54) is 12.5 Å². The first kappa shape index (κ1) is 48.6. The number of hydrogen-bond acceptors (Lipinski definition) is 14. The Labute approximate surface area is 337 Å². The number of hydrogen-bond donors (Lipinski definition) is 14. The maximum atomic E-state index is 13.5. The van der Waals surface area contributed by atoms with Gasteiger partial charge >= 0.3 is 5.97 Å². The smallest absolute Gasteiger partial charge is 0.303 e. The van der Waals surface area contributed by atoms with E-state index in [9.17, 15) is 58.5 Å². The molecule has 1 heterocycles. The molecule has 0 radical (unpaired) electrons. The van der Waals surface area contributed by atoms with Crippen LogP contribution >= 0.6 is 0 Å². The van der Waals surface area contributed by atoms with Gasteiger partial charge in [0.05, 0.1) is 44.3 Å². The molecule has 1 aromatic carbocycles. The van der Waals surface area contributed by atoms with Crippen molar-refractivity contribution in [3.8, 4) is 0 Å². The summed E-state index contributed by atoms with van der Waals surface area (Å²) in [4.78, 5) is 120. The van der Waals surface area contributed by atoms with Gasteiger partial charge in [-0.1, -0.05) is 30.3 Å². The Balaban J connectivity index is 2.11. The van der Waals surface area contributed by atoms with Gasteiger partial charge in [0.25, 0.3) is 0 Å². The third-order valence-corrected chi connectivity index (χ3v) is 8.38. The lowest BCUT2D eigenvalue weighted by molar-refractivity contribution is -0.138. The summed E-state index contributed by atoms with van der Waals surface area (Å²) >= 11 is 0. The Morgan fingerprint density at radius 2 is 1.27 bits per heavy atom. The number of aliphatic carboxylic acids is 1. The van der Waals surface area contributed by atoms with Crippen molar-refractivity contribution in [1.29, 1.82) is 0 Å². The first-order valence-corrected chi connectivity index (χ1v) is 18.1. The number of aliphatic hydroxyl groups excluding tert-OH is 3. The minimum absolute atomic E-state index is 0.0820. The molecule has 0 bridgehead atoms. The topological polar surface area (TPSA) is 399 Å². The van der Waals surface area contributed by atoms with Gasteiger partial charge in [-0.3, -0.25) is 43.2 Å². The van der Waals surface area contributed by atoms with Gasteiger partial charge in [0.15, 0.2) is 0 Å². The van der Waals surface area contributed by atoms with Crippen LogP contribution in [-0.2, 0) is 56.0 Å². The Hall–Kier alpha value is -6.50. The van der Waals surface area contributed by atoms with Crippen molar-refractivity contribution >= 4 is 53.2 Å². The molecule has 8 atom stereocenters. The summed E-state index contributed by atoms with van der Waals surface area (Å²) in [6, 6.07) is -0.848. The summed E-state index contributed by atoms with van der Waals surface area (Å²) in [7, 11) is 0.